The normalized spacial score (nSPS) is 10.7. The molecule has 0 amide bonds. The van der Waals surface area contributed by atoms with E-state index in [0.717, 1.165) is 11.4 Å². The predicted molar refractivity (Wildman–Crippen MR) is 69.0 cm³/mol. The van der Waals surface area contributed by atoms with Crippen molar-refractivity contribution in [2.75, 3.05) is 0 Å². The van der Waals surface area contributed by atoms with Gasteiger partial charge in [0.15, 0.2) is 0 Å². The Morgan fingerprint density at radius 1 is 0.778 bits per heavy atom. The molecule has 0 atom stereocenters. The molecular formula is C14H16N2O2. The molecule has 2 aromatic rings. The van der Waals surface area contributed by atoms with Crippen LogP contribution in [0.2, 0.25) is 0 Å². The molecule has 0 spiro atoms. The molecule has 2 rings (SSSR count). The number of carbonyl (C=O) groups excluding carboxylic acids is 2. The molecule has 4 heteroatoms. The van der Waals surface area contributed by atoms with E-state index in [9.17, 15) is 9.59 Å². The Morgan fingerprint density at radius 2 is 1.11 bits per heavy atom. The maximum absolute atomic E-state index is 12.2. The van der Waals surface area contributed by atoms with Crippen molar-refractivity contribution in [1.29, 1.82) is 0 Å². The summed E-state index contributed by atoms with van der Waals surface area (Å²) >= 11 is 0. The zero-order chi connectivity index (χ0) is 13.4. The number of carbonyl (C=O) groups is 2. The fourth-order valence-corrected chi connectivity index (χ4v) is 1.91. The molecule has 18 heavy (non-hydrogen) atoms. The van der Waals surface area contributed by atoms with Crippen LogP contribution >= 0.6 is 0 Å². The molecule has 0 aliphatic carbocycles. The van der Waals surface area contributed by atoms with E-state index in [-0.39, 0.29) is 0 Å². The van der Waals surface area contributed by atoms with Crippen molar-refractivity contribution in [3.05, 3.63) is 47.0 Å². The largest absolute Gasteiger partial charge is 0.345 e. The molecule has 0 fully saturated rings. The molecule has 0 aliphatic rings. The van der Waals surface area contributed by atoms with E-state index in [2.05, 4.69) is 0 Å². The second-order valence-corrected chi connectivity index (χ2v) is 4.50. The molecule has 0 unspecified atom stereocenters. The number of aromatic nitrogens is 2. The first-order valence-electron chi connectivity index (χ1n) is 5.77. The lowest BCUT2D eigenvalue weighted by Crippen LogP contribution is -2.20. The molecule has 0 saturated carbocycles. The number of Topliss-reactive ketones (excluding diaryl/α,β-unsaturated/α-hetero) is 2. The average Bonchev–Trinajstić information content (AvgIpc) is 2.84. The molecule has 0 aliphatic heterocycles. The molecule has 0 radical (unpaired) electrons. The van der Waals surface area contributed by atoms with E-state index in [0.29, 0.717) is 11.4 Å². The maximum atomic E-state index is 12.2. The van der Waals surface area contributed by atoms with Gasteiger partial charge in [0.2, 0.25) is 0 Å². The number of hydrogen-bond donors (Lipinski definition) is 0. The van der Waals surface area contributed by atoms with Crippen molar-refractivity contribution < 1.29 is 9.59 Å². The van der Waals surface area contributed by atoms with Gasteiger partial charge >= 0.3 is 0 Å². The van der Waals surface area contributed by atoms with Gasteiger partial charge in [0.05, 0.1) is 11.4 Å². The van der Waals surface area contributed by atoms with Crippen molar-refractivity contribution in [2.45, 2.75) is 13.8 Å². The van der Waals surface area contributed by atoms with Crippen LogP contribution in [0.1, 0.15) is 32.4 Å². The SMILES string of the molecule is Cc1ccc(C(=O)C(=O)c2ccc(C)n2C)n1C. The predicted octanol–water partition coefficient (Wildman–Crippen LogP) is 2.05. The number of nitrogens with zero attached hydrogens (tertiary/aromatic N) is 2. The van der Waals surface area contributed by atoms with Gasteiger partial charge in [-0.25, -0.2) is 0 Å². The number of aryl methyl sites for hydroxylation is 2. The summed E-state index contributed by atoms with van der Waals surface area (Å²) in [5.74, 6) is -0.932. The Labute approximate surface area is 106 Å². The summed E-state index contributed by atoms with van der Waals surface area (Å²) in [6.45, 7) is 3.79. The number of ketones is 2. The van der Waals surface area contributed by atoms with E-state index < -0.39 is 11.6 Å². The number of hydrogen-bond acceptors (Lipinski definition) is 2. The Kier molecular flexibility index (Phi) is 2.95. The monoisotopic (exact) mass is 244 g/mol. The third-order valence-corrected chi connectivity index (χ3v) is 3.42. The van der Waals surface area contributed by atoms with E-state index in [1.54, 1.807) is 35.4 Å². The van der Waals surface area contributed by atoms with Crippen LogP contribution in [-0.2, 0) is 14.1 Å². The van der Waals surface area contributed by atoms with Crippen molar-refractivity contribution in [3.63, 3.8) is 0 Å². The van der Waals surface area contributed by atoms with Crippen LogP contribution in [0.15, 0.2) is 24.3 Å². The van der Waals surface area contributed by atoms with E-state index in [1.165, 1.54) is 0 Å². The summed E-state index contributed by atoms with van der Waals surface area (Å²) in [4.78, 5) is 24.3. The lowest BCUT2D eigenvalue weighted by molar-refractivity contribution is 0.0807. The second-order valence-electron chi connectivity index (χ2n) is 4.50. The lowest BCUT2D eigenvalue weighted by atomic mass is 10.1. The zero-order valence-electron chi connectivity index (χ0n) is 11.0. The highest BCUT2D eigenvalue weighted by Crippen LogP contribution is 2.12. The summed E-state index contributed by atoms with van der Waals surface area (Å²) in [5.41, 5.74) is 2.76. The van der Waals surface area contributed by atoms with Gasteiger partial charge in [-0.05, 0) is 38.1 Å². The molecule has 0 bridgehead atoms. The average molecular weight is 244 g/mol. The van der Waals surface area contributed by atoms with Gasteiger partial charge in [-0.1, -0.05) is 0 Å². The summed E-state index contributed by atoms with van der Waals surface area (Å²) in [6, 6.07) is 7.03. The van der Waals surface area contributed by atoms with Gasteiger partial charge in [0.25, 0.3) is 11.6 Å². The number of rotatable bonds is 3. The Bertz CT molecular complexity index is 576. The smallest absolute Gasteiger partial charge is 0.251 e. The zero-order valence-corrected chi connectivity index (χ0v) is 11.0. The lowest BCUT2D eigenvalue weighted by Gasteiger charge is -2.05. The fourth-order valence-electron chi connectivity index (χ4n) is 1.91. The summed E-state index contributed by atoms with van der Waals surface area (Å²) in [6.07, 6.45) is 0. The van der Waals surface area contributed by atoms with Crippen molar-refractivity contribution >= 4 is 11.6 Å². The van der Waals surface area contributed by atoms with Gasteiger partial charge in [-0.15, -0.1) is 0 Å². The molecule has 2 aromatic heterocycles. The minimum absolute atomic E-state index is 0.427. The highest BCUT2D eigenvalue weighted by atomic mass is 16.2. The highest BCUT2D eigenvalue weighted by molar-refractivity contribution is 6.48. The second kappa shape index (κ2) is 4.29. The van der Waals surface area contributed by atoms with Crippen LogP contribution in [0.4, 0.5) is 0 Å². The van der Waals surface area contributed by atoms with Crippen molar-refractivity contribution in [2.24, 2.45) is 14.1 Å². The molecule has 0 aromatic carbocycles. The first-order valence-corrected chi connectivity index (χ1v) is 5.77. The Balaban J connectivity index is 2.38. The highest BCUT2D eigenvalue weighted by Gasteiger charge is 2.23. The minimum Gasteiger partial charge on any atom is -0.345 e. The molecule has 2 heterocycles. The Hall–Kier alpha value is -2.10. The van der Waals surface area contributed by atoms with Gasteiger partial charge in [-0.2, -0.15) is 0 Å². The maximum Gasteiger partial charge on any atom is 0.251 e. The third kappa shape index (κ3) is 1.79. The molecule has 4 nitrogen and oxygen atoms in total. The topological polar surface area (TPSA) is 44.0 Å². The van der Waals surface area contributed by atoms with Gasteiger partial charge in [0.1, 0.15) is 0 Å². The van der Waals surface area contributed by atoms with Crippen LogP contribution in [0.5, 0.6) is 0 Å². The quantitative estimate of drug-likeness (QED) is 0.612. The van der Waals surface area contributed by atoms with Crippen LogP contribution < -0.4 is 0 Å². The van der Waals surface area contributed by atoms with Gasteiger partial charge < -0.3 is 9.13 Å². The molecule has 94 valence electrons. The van der Waals surface area contributed by atoms with Crippen LogP contribution in [0, 0.1) is 13.8 Å². The van der Waals surface area contributed by atoms with Crippen LogP contribution in [-0.4, -0.2) is 20.7 Å². The van der Waals surface area contributed by atoms with Crippen LogP contribution in [0.25, 0.3) is 0 Å². The standard InChI is InChI=1S/C14H16N2O2/c1-9-5-7-11(15(9)3)13(17)14(18)12-8-6-10(2)16(12)4/h5-8H,1-4H3. The van der Waals surface area contributed by atoms with Crippen molar-refractivity contribution in [1.82, 2.24) is 9.13 Å². The first kappa shape index (κ1) is 12.4. The molecule has 0 N–H and O–H groups in total. The summed E-state index contributed by atoms with van der Waals surface area (Å²) in [7, 11) is 3.57. The van der Waals surface area contributed by atoms with Crippen molar-refractivity contribution in [3.8, 4) is 0 Å². The summed E-state index contributed by atoms with van der Waals surface area (Å²) < 4.78 is 3.46. The summed E-state index contributed by atoms with van der Waals surface area (Å²) in [5, 5.41) is 0. The van der Waals surface area contributed by atoms with Crippen LogP contribution in [0.3, 0.4) is 0 Å². The minimum atomic E-state index is -0.466. The third-order valence-electron chi connectivity index (χ3n) is 3.42. The van der Waals surface area contributed by atoms with E-state index >= 15 is 0 Å². The first-order chi connectivity index (χ1) is 8.43. The van der Waals surface area contributed by atoms with E-state index in [4.69, 9.17) is 0 Å². The molecule has 0 saturated heterocycles. The van der Waals surface area contributed by atoms with E-state index in [1.807, 2.05) is 26.0 Å². The Morgan fingerprint density at radius 3 is 1.33 bits per heavy atom. The van der Waals surface area contributed by atoms with Gasteiger partial charge in [-0.3, -0.25) is 9.59 Å². The van der Waals surface area contributed by atoms with Gasteiger partial charge in [0, 0.05) is 25.5 Å². The molecular weight excluding hydrogens is 228 g/mol. The fraction of sp³-hybridized carbons (Fsp3) is 0.286.